The Morgan fingerprint density at radius 2 is 1.84 bits per heavy atom. The van der Waals surface area contributed by atoms with E-state index in [4.69, 9.17) is 0 Å². The standard InChI is InChI=1S/C25H33N5O2/c1-29-23(20-10-4-5-11-22(20)28-29)25(32)30-14-6-7-18(16-30)21-13-12-17(15-26-21)24(31)27-19-8-2-3-9-19/h12-13,15,18-19H,2-11,14,16H2,1H3,(H,27,31)/t18-/m0/s1. The van der Waals surface area contributed by atoms with Crippen LogP contribution in [0, 0.1) is 0 Å². The Morgan fingerprint density at radius 3 is 2.62 bits per heavy atom. The van der Waals surface area contributed by atoms with E-state index in [0.29, 0.717) is 18.2 Å². The molecule has 1 N–H and O–H groups in total. The van der Waals surface area contributed by atoms with E-state index in [2.05, 4.69) is 15.4 Å². The monoisotopic (exact) mass is 435 g/mol. The summed E-state index contributed by atoms with van der Waals surface area (Å²) in [6.45, 7) is 1.44. The molecule has 0 aromatic carbocycles. The summed E-state index contributed by atoms with van der Waals surface area (Å²) in [6.07, 6.45) is 12.4. The fraction of sp³-hybridized carbons (Fsp3) is 0.600. The van der Waals surface area contributed by atoms with E-state index in [1.165, 1.54) is 12.8 Å². The SMILES string of the molecule is Cn1nc2c(c1C(=O)N1CCC[C@H](c3ccc(C(=O)NC4CCCC4)cn3)C1)CCCC2. The lowest BCUT2D eigenvalue weighted by molar-refractivity contribution is 0.0693. The molecule has 0 radical (unpaired) electrons. The summed E-state index contributed by atoms with van der Waals surface area (Å²) in [5.74, 6) is 0.265. The molecule has 1 aliphatic heterocycles. The van der Waals surface area contributed by atoms with Crippen LogP contribution >= 0.6 is 0 Å². The number of nitrogens with one attached hydrogen (secondary N) is 1. The maximum atomic E-state index is 13.4. The fourth-order valence-electron chi connectivity index (χ4n) is 5.62. The van der Waals surface area contributed by atoms with Crippen molar-refractivity contribution in [1.82, 2.24) is 25.0 Å². The average molecular weight is 436 g/mol. The van der Waals surface area contributed by atoms with Crippen LogP contribution in [0.15, 0.2) is 18.3 Å². The van der Waals surface area contributed by atoms with Crippen molar-refractivity contribution < 1.29 is 9.59 Å². The van der Waals surface area contributed by atoms with Crippen LogP contribution in [0.1, 0.15) is 95.1 Å². The second-order valence-electron chi connectivity index (χ2n) is 9.62. The van der Waals surface area contributed by atoms with Crippen molar-refractivity contribution in [1.29, 1.82) is 0 Å². The number of rotatable bonds is 4. The van der Waals surface area contributed by atoms with Crippen molar-refractivity contribution in [2.75, 3.05) is 13.1 Å². The van der Waals surface area contributed by atoms with Crippen molar-refractivity contribution in [3.05, 3.63) is 46.5 Å². The zero-order chi connectivity index (χ0) is 22.1. The fourth-order valence-corrected chi connectivity index (χ4v) is 5.62. The van der Waals surface area contributed by atoms with Gasteiger partial charge in [0.1, 0.15) is 5.69 Å². The van der Waals surface area contributed by atoms with Crippen LogP contribution < -0.4 is 5.32 Å². The molecule has 7 heteroatoms. The van der Waals surface area contributed by atoms with Crippen LogP contribution in [0.25, 0.3) is 0 Å². The molecule has 5 rings (SSSR count). The van der Waals surface area contributed by atoms with Crippen LogP contribution in [0.2, 0.25) is 0 Å². The van der Waals surface area contributed by atoms with E-state index < -0.39 is 0 Å². The normalized spacial score (nSPS) is 21.4. The van der Waals surface area contributed by atoms with Crippen LogP contribution in [-0.4, -0.2) is 50.6 Å². The summed E-state index contributed by atoms with van der Waals surface area (Å²) < 4.78 is 1.79. The number of aromatic nitrogens is 3. The van der Waals surface area contributed by atoms with Gasteiger partial charge in [-0.3, -0.25) is 19.3 Å². The summed E-state index contributed by atoms with van der Waals surface area (Å²) in [4.78, 5) is 32.5. The minimum absolute atomic E-state index is 0.0302. The highest BCUT2D eigenvalue weighted by Gasteiger charge is 2.31. The van der Waals surface area contributed by atoms with Gasteiger partial charge in [-0.05, 0) is 63.5 Å². The van der Waals surface area contributed by atoms with Gasteiger partial charge in [0.15, 0.2) is 0 Å². The Kier molecular flexibility index (Phi) is 5.98. The summed E-state index contributed by atoms with van der Waals surface area (Å²) >= 11 is 0. The first-order chi connectivity index (χ1) is 15.6. The highest BCUT2D eigenvalue weighted by Crippen LogP contribution is 2.29. The van der Waals surface area contributed by atoms with E-state index in [0.717, 1.165) is 80.6 Å². The maximum absolute atomic E-state index is 13.4. The number of hydrogen-bond donors (Lipinski definition) is 1. The Balaban J connectivity index is 1.26. The van der Waals surface area contributed by atoms with Gasteiger partial charge >= 0.3 is 0 Å². The Hall–Kier alpha value is -2.70. The lowest BCUT2D eigenvalue weighted by Crippen LogP contribution is -2.40. The smallest absolute Gasteiger partial charge is 0.272 e. The van der Waals surface area contributed by atoms with Crippen LogP contribution in [0.5, 0.6) is 0 Å². The first-order valence-corrected chi connectivity index (χ1v) is 12.2. The minimum Gasteiger partial charge on any atom is -0.349 e. The van der Waals surface area contributed by atoms with Crippen molar-refractivity contribution in [3.8, 4) is 0 Å². The van der Waals surface area contributed by atoms with Crippen molar-refractivity contribution >= 4 is 11.8 Å². The number of piperidine rings is 1. The van der Waals surface area contributed by atoms with E-state index in [9.17, 15) is 9.59 Å². The third-order valence-corrected chi connectivity index (χ3v) is 7.39. The molecule has 0 bridgehead atoms. The molecule has 7 nitrogen and oxygen atoms in total. The van der Waals surface area contributed by atoms with Crippen molar-refractivity contribution in [2.24, 2.45) is 7.05 Å². The predicted molar refractivity (Wildman–Crippen MR) is 122 cm³/mol. The number of amides is 2. The van der Waals surface area contributed by atoms with Gasteiger partial charge in [-0.1, -0.05) is 12.8 Å². The molecule has 2 amide bonds. The molecule has 3 aliphatic rings. The highest BCUT2D eigenvalue weighted by atomic mass is 16.2. The Labute approximate surface area is 189 Å². The third kappa shape index (κ3) is 4.17. The van der Waals surface area contributed by atoms with Gasteiger partial charge in [-0.25, -0.2) is 0 Å². The summed E-state index contributed by atoms with van der Waals surface area (Å²) in [6, 6.07) is 4.15. The molecule has 0 spiro atoms. The highest BCUT2D eigenvalue weighted by molar-refractivity contribution is 5.95. The number of likely N-dealkylation sites (tertiary alicyclic amines) is 1. The zero-order valence-electron chi connectivity index (χ0n) is 19.0. The molecule has 32 heavy (non-hydrogen) atoms. The molecule has 0 unspecified atom stereocenters. The van der Waals surface area contributed by atoms with Gasteiger partial charge in [0.05, 0.1) is 11.3 Å². The molecule has 3 heterocycles. The number of carbonyl (C=O) groups is 2. The molecular weight excluding hydrogens is 402 g/mol. The predicted octanol–water partition coefficient (Wildman–Crippen LogP) is 3.39. The third-order valence-electron chi connectivity index (χ3n) is 7.39. The van der Waals surface area contributed by atoms with Gasteiger partial charge < -0.3 is 10.2 Å². The van der Waals surface area contributed by atoms with Gasteiger partial charge in [0.25, 0.3) is 11.8 Å². The van der Waals surface area contributed by atoms with E-state index in [1.54, 1.807) is 10.9 Å². The minimum atomic E-state index is -0.0302. The van der Waals surface area contributed by atoms with Crippen LogP contribution in [-0.2, 0) is 19.9 Å². The van der Waals surface area contributed by atoms with Crippen molar-refractivity contribution in [3.63, 3.8) is 0 Å². The molecule has 2 aromatic rings. The van der Waals surface area contributed by atoms with Gasteiger partial charge in [0.2, 0.25) is 0 Å². The number of pyridine rings is 1. The number of carbonyl (C=O) groups excluding carboxylic acids is 2. The molecule has 2 fully saturated rings. The Morgan fingerprint density at radius 1 is 1.03 bits per heavy atom. The second-order valence-corrected chi connectivity index (χ2v) is 9.62. The largest absolute Gasteiger partial charge is 0.349 e. The number of nitrogens with zero attached hydrogens (tertiary/aromatic N) is 4. The van der Waals surface area contributed by atoms with E-state index in [-0.39, 0.29) is 17.7 Å². The number of aryl methyl sites for hydroxylation is 2. The lowest BCUT2D eigenvalue weighted by atomic mass is 9.92. The van der Waals surface area contributed by atoms with Crippen molar-refractivity contribution in [2.45, 2.75) is 76.2 Å². The van der Waals surface area contributed by atoms with Gasteiger partial charge in [-0.15, -0.1) is 0 Å². The second kappa shape index (κ2) is 9.04. The molecule has 170 valence electrons. The van der Waals surface area contributed by atoms with Gasteiger partial charge in [0, 0.05) is 49.6 Å². The van der Waals surface area contributed by atoms with E-state index in [1.807, 2.05) is 24.1 Å². The number of fused-ring (bicyclic) bond motifs is 1. The maximum Gasteiger partial charge on any atom is 0.272 e. The molecule has 1 saturated heterocycles. The first-order valence-electron chi connectivity index (χ1n) is 12.2. The molecule has 2 aromatic heterocycles. The van der Waals surface area contributed by atoms with Crippen LogP contribution in [0.3, 0.4) is 0 Å². The lowest BCUT2D eigenvalue weighted by Gasteiger charge is -2.33. The summed E-state index contributed by atoms with van der Waals surface area (Å²) in [5, 5.41) is 7.75. The quantitative estimate of drug-likeness (QED) is 0.798. The van der Waals surface area contributed by atoms with Gasteiger partial charge in [-0.2, -0.15) is 5.10 Å². The molecule has 1 atom stereocenters. The topological polar surface area (TPSA) is 80.1 Å². The first kappa shape index (κ1) is 21.2. The average Bonchev–Trinajstić information content (AvgIpc) is 3.45. The summed E-state index contributed by atoms with van der Waals surface area (Å²) in [7, 11) is 1.89. The van der Waals surface area contributed by atoms with E-state index >= 15 is 0 Å². The molecule has 1 saturated carbocycles. The Bertz CT molecular complexity index is 991. The van der Waals surface area contributed by atoms with Crippen LogP contribution in [0.4, 0.5) is 0 Å². The molecular formula is C25H33N5O2. The summed E-state index contributed by atoms with van der Waals surface area (Å²) in [5.41, 5.74) is 4.61. The zero-order valence-corrected chi connectivity index (χ0v) is 19.0. The number of hydrogen-bond acceptors (Lipinski definition) is 4. The molecule has 2 aliphatic carbocycles.